The number of hydrogen-bond donors (Lipinski definition) is 1. The maximum absolute atomic E-state index is 5.84. The second-order valence-corrected chi connectivity index (χ2v) is 4.54. The molecule has 2 rings (SSSR count). The van der Waals surface area contributed by atoms with Gasteiger partial charge in [-0.3, -0.25) is 0 Å². The SMILES string of the molecule is Cc1nnc(N2CCOC(C)C2)c(CN)c1C. The lowest BCUT2D eigenvalue weighted by molar-refractivity contribution is 0.0528. The zero-order valence-corrected chi connectivity index (χ0v) is 10.7. The van der Waals surface area contributed by atoms with Gasteiger partial charge in [-0.05, 0) is 26.3 Å². The molecule has 5 nitrogen and oxygen atoms in total. The molecule has 0 saturated carbocycles. The smallest absolute Gasteiger partial charge is 0.156 e. The summed E-state index contributed by atoms with van der Waals surface area (Å²) in [5.41, 5.74) is 9.04. The molecule has 1 unspecified atom stereocenters. The molecule has 0 aliphatic carbocycles. The van der Waals surface area contributed by atoms with Crippen molar-refractivity contribution in [2.24, 2.45) is 5.73 Å². The van der Waals surface area contributed by atoms with Crippen LogP contribution in [0.5, 0.6) is 0 Å². The molecule has 0 aromatic carbocycles. The molecule has 2 N–H and O–H groups in total. The van der Waals surface area contributed by atoms with Gasteiger partial charge in [-0.25, -0.2) is 0 Å². The van der Waals surface area contributed by atoms with Crippen molar-refractivity contribution in [2.45, 2.75) is 33.4 Å². The van der Waals surface area contributed by atoms with E-state index in [9.17, 15) is 0 Å². The van der Waals surface area contributed by atoms with Crippen molar-refractivity contribution in [3.05, 3.63) is 16.8 Å². The highest BCUT2D eigenvalue weighted by Crippen LogP contribution is 2.23. The van der Waals surface area contributed by atoms with Crippen LogP contribution in [0.3, 0.4) is 0 Å². The number of nitrogens with two attached hydrogens (primary N) is 1. The standard InChI is InChI=1S/C12H20N4O/c1-8-7-16(4-5-17-8)12-11(6-13)9(2)10(3)14-15-12/h8H,4-7,13H2,1-3H3. The molecule has 1 aromatic rings. The van der Waals surface area contributed by atoms with Gasteiger partial charge in [0.15, 0.2) is 5.82 Å². The van der Waals surface area contributed by atoms with Gasteiger partial charge in [0.05, 0.1) is 18.4 Å². The predicted octanol–water partition coefficient (Wildman–Crippen LogP) is 0.777. The lowest BCUT2D eigenvalue weighted by Crippen LogP contribution is -2.42. The minimum Gasteiger partial charge on any atom is -0.375 e. The van der Waals surface area contributed by atoms with Crippen molar-refractivity contribution in [1.82, 2.24) is 10.2 Å². The van der Waals surface area contributed by atoms with E-state index in [-0.39, 0.29) is 6.10 Å². The van der Waals surface area contributed by atoms with Gasteiger partial charge in [0.25, 0.3) is 0 Å². The number of aromatic nitrogens is 2. The average molecular weight is 236 g/mol. The molecule has 2 heterocycles. The van der Waals surface area contributed by atoms with Crippen LogP contribution in [0.4, 0.5) is 5.82 Å². The highest BCUT2D eigenvalue weighted by Gasteiger charge is 2.21. The van der Waals surface area contributed by atoms with Crippen LogP contribution in [-0.4, -0.2) is 36.0 Å². The summed E-state index contributed by atoms with van der Waals surface area (Å²) in [4.78, 5) is 2.22. The Bertz CT molecular complexity index is 408. The maximum atomic E-state index is 5.84. The Morgan fingerprint density at radius 1 is 1.41 bits per heavy atom. The Morgan fingerprint density at radius 3 is 2.82 bits per heavy atom. The van der Waals surface area contributed by atoms with Crippen molar-refractivity contribution >= 4 is 5.82 Å². The number of aryl methyl sites for hydroxylation is 1. The zero-order valence-electron chi connectivity index (χ0n) is 10.7. The summed E-state index contributed by atoms with van der Waals surface area (Å²) in [6.45, 7) is 9.04. The molecule has 1 atom stereocenters. The van der Waals surface area contributed by atoms with Crippen molar-refractivity contribution in [2.75, 3.05) is 24.6 Å². The third kappa shape index (κ3) is 2.40. The van der Waals surface area contributed by atoms with Crippen molar-refractivity contribution in [3.8, 4) is 0 Å². The topological polar surface area (TPSA) is 64.3 Å². The van der Waals surface area contributed by atoms with E-state index in [0.717, 1.165) is 42.3 Å². The molecule has 1 aliphatic heterocycles. The third-order valence-corrected chi connectivity index (χ3v) is 3.30. The lowest BCUT2D eigenvalue weighted by Gasteiger charge is -2.33. The van der Waals surface area contributed by atoms with Crippen LogP contribution in [-0.2, 0) is 11.3 Å². The second kappa shape index (κ2) is 4.98. The number of rotatable bonds is 2. The summed E-state index contributed by atoms with van der Waals surface area (Å²) in [6, 6.07) is 0. The van der Waals surface area contributed by atoms with Gasteiger partial charge in [-0.15, -0.1) is 5.10 Å². The zero-order chi connectivity index (χ0) is 12.4. The van der Waals surface area contributed by atoms with E-state index < -0.39 is 0 Å². The van der Waals surface area contributed by atoms with Gasteiger partial charge in [0.1, 0.15) is 0 Å². The Hall–Kier alpha value is -1.20. The summed E-state index contributed by atoms with van der Waals surface area (Å²) in [6.07, 6.45) is 0.234. The summed E-state index contributed by atoms with van der Waals surface area (Å²) in [5, 5.41) is 8.51. The molecule has 0 bridgehead atoms. The Balaban J connectivity index is 2.34. The van der Waals surface area contributed by atoms with Crippen LogP contribution >= 0.6 is 0 Å². The van der Waals surface area contributed by atoms with Crippen LogP contribution in [0, 0.1) is 13.8 Å². The fourth-order valence-corrected chi connectivity index (χ4v) is 2.15. The van der Waals surface area contributed by atoms with Gasteiger partial charge in [-0.1, -0.05) is 0 Å². The minimum atomic E-state index is 0.234. The number of nitrogens with zero attached hydrogens (tertiary/aromatic N) is 3. The van der Waals surface area contributed by atoms with Gasteiger partial charge in [0.2, 0.25) is 0 Å². The molecular weight excluding hydrogens is 216 g/mol. The Labute approximate surface area is 102 Å². The van der Waals surface area contributed by atoms with Crippen molar-refractivity contribution in [1.29, 1.82) is 0 Å². The van der Waals surface area contributed by atoms with Gasteiger partial charge < -0.3 is 15.4 Å². The maximum Gasteiger partial charge on any atom is 0.156 e. The largest absolute Gasteiger partial charge is 0.375 e. The number of ether oxygens (including phenoxy) is 1. The quantitative estimate of drug-likeness (QED) is 0.822. The fourth-order valence-electron chi connectivity index (χ4n) is 2.15. The van der Waals surface area contributed by atoms with Crippen LogP contribution in [0.1, 0.15) is 23.7 Å². The summed E-state index contributed by atoms with van der Waals surface area (Å²) >= 11 is 0. The number of anilines is 1. The van der Waals surface area contributed by atoms with Crippen molar-refractivity contribution in [3.63, 3.8) is 0 Å². The highest BCUT2D eigenvalue weighted by atomic mass is 16.5. The van der Waals surface area contributed by atoms with Crippen LogP contribution in [0.15, 0.2) is 0 Å². The molecule has 1 aromatic heterocycles. The molecule has 0 amide bonds. The molecule has 0 spiro atoms. The second-order valence-electron chi connectivity index (χ2n) is 4.54. The Morgan fingerprint density at radius 2 is 2.18 bits per heavy atom. The third-order valence-electron chi connectivity index (χ3n) is 3.30. The van der Waals surface area contributed by atoms with Gasteiger partial charge in [0, 0.05) is 25.2 Å². The molecule has 1 fully saturated rings. The summed E-state index contributed by atoms with van der Waals surface area (Å²) < 4.78 is 5.54. The molecule has 17 heavy (non-hydrogen) atoms. The van der Waals surface area contributed by atoms with Crippen LogP contribution in [0.25, 0.3) is 0 Å². The molecule has 1 aliphatic rings. The minimum absolute atomic E-state index is 0.234. The first-order chi connectivity index (χ1) is 8.13. The molecular formula is C12H20N4O. The number of hydrogen-bond acceptors (Lipinski definition) is 5. The first-order valence-electron chi connectivity index (χ1n) is 6.03. The first-order valence-corrected chi connectivity index (χ1v) is 6.03. The van der Waals surface area contributed by atoms with E-state index in [1.165, 1.54) is 0 Å². The van der Waals surface area contributed by atoms with Crippen molar-refractivity contribution < 1.29 is 4.74 Å². The first kappa shape index (κ1) is 12.3. The molecule has 5 heteroatoms. The monoisotopic (exact) mass is 236 g/mol. The molecule has 0 radical (unpaired) electrons. The van der Waals surface area contributed by atoms with Gasteiger partial charge in [-0.2, -0.15) is 5.10 Å². The van der Waals surface area contributed by atoms with Crippen LogP contribution in [0.2, 0.25) is 0 Å². The average Bonchev–Trinajstić information content (AvgIpc) is 2.32. The predicted molar refractivity (Wildman–Crippen MR) is 67.0 cm³/mol. The van der Waals surface area contributed by atoms with Crippen LogP contribution < -0.4 is 10.6 Å². The molecule has 1 saturated heterocycles. The Kier molecular flexibility index (Phi) is 3.59. The lowest BCUT2D eigenvalue weighted by atomic mass is 10.1. The normalized spacial score (nSPS) is 20.7. The van der Waals surface area contributed by atoms with E-state index >= 15 is 0 Å². The van der Waals surface area contributed by atoms with E-state index in [4.69, 9.17) is 10.5 Å². The molecule has 94 valence electrons. The summed E-state index contributed by atoms with van der Waals surface area (Å²) in [7, 11) is 0. The van der Waals surface area contributed by atoms with E-state index in [2.05, 4.69) is 28.9 Å². The van der Waals surface area contributed by atoms with E-state index in [0.29, 0.717) is 6.54 Å². The number of morpholine rings is 1. The summed E-state index contributed by atoms with van der Waals surface area (Å²) in [5.74, 6) is 0.922. The fraction of sp³-hybridized carbons (Fsp3) is 0.667. The highest BCUT2D eigenvalue weighted by molar-refractivity contribution is 5.51. The van der Waals surface area contributed by atoms with E-state index in [1.54, 1.807) is 0 Å². The van der Waals surface area contributed by atoms with E-state index in [1.807, 2.05) is 6.92 Å². The van der Waals surface area contributed by atoms with Gasteiger partial charge >= 0.3 is 0 Å².